The van der Waals surface area contributed by atoms with Gasteiger partial charge in [-0.3, -0.25) is 4.79 Å². The van der Waals surface area contributed by atoms with Crippen molar-refractivity contribution >= 4 is 27.2 Å². The second-order valence-electron chi connectivity index (χ2n) is 6.31. The number of aryl methyl sites for hydroxylation is 2. The number of rotatable bonds is 4. The molecule has 0 aliphatic carbocycles. The zero-order valence-electron chi connectivity index (χ0n) is 14.7. The average Bonchev–Trinajstić information content (AvgIpc) is 2.98. The molecule has 0 aliphatic heterocycles. The standard InChI is InChI=1S/C21H19N3OS/c1-13-8-10-16(11-9-13)22-12-17-23-20(25)19-18(14(2)26-21(19)24-17)15-6-4-3-5-7-15/h3-11,22H,12H2,1-2H3,(H,23,24,25). The Labute approximate surface area is 155 Å². The molecule has 0 amide bonds. The number of nitrogens with one attached hydrogen (secondary N) is 2. The number of thiophene rings is 1. The second-order valence-corrected chi connectivity index (χ2v) is 7.51. The monoisotopic (exact) mass is 361 g/mol. The summed E-state index contributed by atoms with van der Waals surface area (Å²) in [5.74, 6) is 0.643. The molecule has 2 aromatic carbocycles. The predicted octanol–water partition coefficient (Wildman–Crippen LogP) is 4.88. The summed E-state index contributed by atoms with van der Waals surface area (Å²) >= 11 is 1.57. The van der Waals surface area contributed by atoms with Crippen molar-refractivity contribution < 1.29 is 0 Å². The van der Waals surface area contributed by atoms with Crippen LogP contribution >= 0.6 is 11.3 Å². The van der Waals surface area contributed by atoms with Crippen molar-refractivity contribution in [3.8, 4) is 11.1 Å². The summed E-state index contributed by atoms with van der Waals surface area (Å²) in [5.41, 5.74) is 4.17. The predicted molar refractivity (Wildman–Crippen MR) is 109 cm³/mol. The van der Waals surface area contributed by atoms with Crippen molar-refractivity contribution in [2.75, 3.05) is 5.32 Å². The molecule has 0 atom stereocenters. The molecule has 2 aromatic heterocycles. The Hall–Kier alpha value is -2.92. The molecule has 0 aliphatic rings. The first-order valence-electron chi connectivity index (χ1n) is 8.50. The first-order valence-corrected chi connectivity index (χ1v) is 9.32. The highest BCUT2D eigenvalue weighted by atomic mass is 32.1. The minimum absolute atomic E-state index is 0.0843. The van der Waals surface area contributed by atoms with E-state index in [9.17, 15) is 4.79 Å². The van der Waals surface area contributed by atoms with Crippen LogP contribution in [0.3, 0.4) is 0 Å². The first kappa shape index (κ1) is 16.5. The molecule has 4 aromatic rings. The van der Waals surface area contributed by atoms with E-state index in [1.807, 2.05) is 49.4 Å². The third kappa shape index (κ3) is 3.13. The molecule has 0 radical (unpaired) electrons. The van der Waals surface area contributed by atoms with E-state index in [1.54, 1.807) is 11.3 Å². The van der Waals surface area contributed by atoms with Crippen LogP contribution in [0.5, 0.6) is 0 Å². The quantitative estimate of drug-likeness (QED) is 0.545. The van der Waals surface area contributed by atoms with Crippen LogP contribution < -0.4 is 10.9 Å². The number of nitrogens with zero attached hydrogens (tertiary/aromatic N) is 1. The maximum Gasteiger partial charge on any atom is 0.260 e. The summed E-state index contributed by atoms with van der Waals surface area (Å²) in [6.45, 7) is 4.57. The van der Waals surface area contributed by atoms with Crippen LogP contribution in [0.4, 0.5) is 5.69 Å². The van der Waals surface area contributed by atoms with Gasteiger partial charge in [0.2, 0.25) is 0 Å². The number of hydrogen-bond acceptors (Lipinski definition) is 4. The van der Waals surface area contributed by atoms with Crippen LogP contribution in [0.25, 0.3) is 21.3 Å². The normalized spacial score (nSPS) is 11.0. The fraction of sp³-hybridized carbons (Fsp3) is 0.143. The Balaban J connectivity index is 1.69. The molecule has 5 heteroatoms. The van der Waals surface area contributed by atoms with E-state index in [0.717, 1.165) is 26.5 Å². The summed E-state index contributed by atoms with van der Waals surface area (Å²) in [6.07, 6.45) is 0. The summed E-state index contributed by atoms with van der Waals surface area (Å²) in [7, 11) is 0. The van der Waals surface area contributed by atoms with Crippen LogP contribution in [0, 0.1) is 13.8 Å². The molecule has 0 unspecified atom stereocenters. The van der Waals surface area contributed by atoms with Gasteiger partial charge in [0.15, 0.2) is 0 Å². The van der Waals surface area contributed by atoms with Gasteiger partial charge in [-0.25, -0.2) is 4.98 Å². The number of fused-ring (bicyclic) bond motifs is 1. The molecule has 0 saturated heterocycles. The molecule has 2 N–H and O–H groups in total. The summed E-state index contributed by atoms with van der Waals surface area (Å²) < 4.78 is 0. The maximum atomic E-state index is 12.7. The van der Waals surface area contributed by atoms with Crippen LogP contribution in [-0.2, 0) is 6.54 Å². The van der Waals surface area contributed by atoms with Crippen molar-refractivity contribution in [2.45, 2.75) is 20.4 Å². The van der Waals surface area contributed by atoms with Gasteiger partial charge in [-0.1, -0.05) is 48.0 Å². The van der Waals surface area contributed by atoms with Crippen molar-refractivity contribution in [3.63, 3.8) is 0 Å². The van der Waals surface area contributed by atoms with Gasteiger partial charge in [0.1, 0.15) is 10.7 Å². The lowest BCUT2D eigenvalue weighted by atomic mass is 10.0. The van der Waals surface area contributed by atoms with E-state index < -0.39 is 0 Å². The van der Waals surface area contributed by atoms with Crippen LogP contribution in [0.1, 0.15) is 16.3 Å². The smallest absolute Gasteiger partial charge is 0.260 e. The zero-order chi connectivity index (χ0) is 18.1. The van der Waals surface area contributed by atoms with Crippen LogP contribution in [-0.4, -0.2) is 9.97 Å². The topological polar surface area (TPSA) is 57.8 Å². The van der Waals surface area contributed by atoms with Crippen molar-refractivity contribution in [1.29, 1.82) is 0 Å². The zero-order valence-corrected chi connectivity index (χ0v) is 15.5. The summed E-state index contributed by atoms with van der Waals surface area (Å²) in [6, 6.07) is 18.2. The van der Waals surface area contributed by atoms with Gasteiger partial charge in [0.05, 0.1) is 11.9 Å². The minimum atomic E-state index is -0.0843. The SMILES string of the molecule is Cc1ccc(NCc2nc3sc(C)c(-c4ccccc4)c3c(=O)[nH]2)cc1. The lowest BCUT2D eigenvalue weighted by molar-refractivity contribution is 0.957. The van der Waals surface area contributed by atoms with Gasteiger partial charge in [0, 0.05) is 16.1 Å². The number of aromatic amines is 1. The molecule has 0 bridgehead atoms. The first-order chi connectivity index (χ1) is 12.6. The van der Waals surface area contributed by atoms with Crippen LogP contribution in [0.2, 0.25) is 0 Å². The maximum absolute atomic E-state index is 12.7. The third-order valence-corrected chi connectivity index (χ3v) is 5.36. The fourth-order valence-corrected chi connectivity index (χ4v) is 4.12. The molecule has 130 valence electrons. The highest BCUT2D eigenvalue weighted by Gasteiger charge is 2.16. The molecule has 0 fully saturated rings. The van der Waals surface area contributed by atoms with Crippen molar-refractivity contribution in [3.05, 3.63) is 81.2 Å². The lowest BCUT2D eigenvalue weighted by Crippen LogP contribution is -2.14. The largest absolute Gasteiger partial charge is 0.378 e. The Bertz CT molecular complexity index is 1110. The van der Waals surface area contributed by atoms with E-state index in [0.29, 0.717) is 17.8 Å². The molecular formula is C21H19N3OS. The highest BCUT2D eigenvalue weighted by Crippen LogP contribution is 2.35. The molecule has 4 nitrogen and oxygen atoms in total. The summed E-state index contributed by atoms with van der Waals surface area (Å²) in [4.78, 5) is 22.2. The molecule has 0 saturated carbocycles. The van der Waals surface area contributed by atoms with Gasteiger partial charge in [-0.05, 0) is 31.5 Å². The Morgan fingerprint density at radius 1 is 1.04 bits per heavy atom. The Kier molecular flexibility index (Phi) is 4.31. The molecular weight excluding hydrogens is 342 g/mol. The number of hydrogen-bond donors (Lipinski definition) is 2. The van der Waals surface area contributed by atoms with Crippen molar-refractivity contribution in [2.24, 2.45) is 0 Å². The molecule has 0 spiro atoms. The van der Waals surface area contributed by atoms with Gasteiger partial charge < -0.3 is 10.3 Å². The second kappa shape index (κ2) is 6.77. The molecule has 4 rings (SSSR count). The number of aromatic nitrogens is 2. The van der Waals surface area contributed by atoms with Gasteiger partial charge in [-0.2, -0.15) is 0 Å². The number of anilines is 1. The molecule has 26 heavy (non-hydrogen) atoms. The van der Waals surface area contributed by atoms with E-state index in [-0.39, 0.29) is 5.56 Å². The lowest BCUT2D eigenvalue weighted by Gasteiger charge is -2.06. The van der Waals surface area contributed by atoms with Gasteiger partial charge in [0.25, 0.3) is 5.56 Å². The fourth-order valence-electron chi connectivity index (χ4n) is 3.06. The number of benzene rings is 2. The minimum Gasteiger partial charge on any atom is -0.378 e. The highest BCUT2D eigenvalue weighted by molar-refractivity contribution is 7.19. The van der Waals surface area contributed by atoms with Crippen molar-refractivity contribution in [1.82, 2.24) is 9.97 Å². The Morgan fingerprint density at radius 3 is 2.50 bits per heavy atom. The van der Waals surface area contributed by atoms with Gasteiger partial charge >= 0.3 is 0 Å². The van der Waals surface area contributed by atoms with Gasteiger partial charge in [-0.15, -0.1) is 11.3 Å². The van der Waals surface area contributed by atoms with E-state index in [1.165, 1.54) is 5.56 Å². The average molecular weight is 361 g/mol. The molecule has 2 heterocycles. The van der Waals surface area contributed by atoms with E-state index >= 15 is 0 Å². The summed E-state index contributed by atoms with van der Waals surface area (Å²) in [5, 5.41) is 3.98. The number of H-pyrrole nitrogens is 1. The Morgan fingerprint density at radius 2 is 1.77 bits per heavy atom. The van der Waals surface area contributed by atoms with Crippen LogP contribution in [0.15, 0.2) is 59.4 Å². The third-order valence-electron chi connectivity index (χ3n) is 4.36. The van der Waals surface area contributed by atoms with E-state index in [4.69, 9.17) is 0 Å². The van der Waals surface area contributed by atoms with E-state index in [2.05, 4.69) is 34.3 Å².